The van der Waals surface area contributed by atoms with Gasteiger partial charge < -0.3 is 15.1 Å². The number of hydrogen-bond acceptors (Lipinski definition) is 3. The number of halogens is 5. The van der Waals surface area contributed by atoms with Crippen molar-refractivity contribution in [1.82, 2.24) is 9.88 Å². The van der Waals surface area contributed by atoms with Crippen molar-refractivity contribution in [2.75, 3.05) is 29.9 Å². The Morgan fingerprint density at radius 1 is 1.21 bits per heavy atom. The largest absolute Gasteiger partial charge is 0.417 e. The molecule has 158 valence electrons. The Morgan fingerprint density at radius 2 is 1.93 bits per heavy atom. The summed E-state index contributed by atoms with van der Waals surface area (Å²) in [4.78, 5) is 20.4. The molecule has 1 aliphatic rings. The number of amides is 2. The standard InChI is InChI=1S/C18H17Cl2F3N4O.CH4/c1-11-10-26(16-15(20)3-2-6-24-16)7-8-27(11)17(28)25-12-4-5-14(19)13(9-12)18(21,22)23;/h2-6,9,11H,7-8,10H2,1H3,(H,25,28);1H4/t11-;/m1./s1. The normalized spacial score (nSPS) is 17.0. The van der Waals surface area contributed by atoms with Crippen LogP contribution in [0.3, 0.4) is 0 Å². The summed E-state index contributed by atoms with van der Waals surface area (Å²) in [6.07, 6.45) is -2.96. The number of anilines is 2. The summed E-state index contributed by atoms with van der Waals surface area (Å²) in [5.41, 5.74) is -0.959. The molecule has 5 nitrogen and oxygen atoms in total. The average molecular weight is 449 g/mol. The molecule has 1 fully saturated rings. The maximum absolute atomic E-state index is 13.0. The molecule has 0 bridgehead atoms. The number of nitrogens with zero attached hydrogens (tertiary/aromatic N) is 3. The van der Waals surface area contributed by atoms with Crippen molar-refractivity contribution in [1.29, 1.82) is 0 Å². The molecule has 0 spiro atoms. The molecular weight excluding hydrogens is 428 g/mol. The van der Waals surface area contributed by atoms with Crippen LogP contribution in [0.15, 0.2) is 36.5 Å². The fraction of sp³-hybridized carbons (Fsp3) is 0.368. The van der Waals surface area contributed by atoms with E-state index in [4.69, 9.17) is 23.2 Å². The third-order valence-corrected chi connectivity index (χ3v) is 5.07. The third kappa shape index (κ3) is 5.25. The molecule has 1 aromatic heterocycles. The van der Waals surface area contributed by atoms with E-state index in [9.17, 15) is 18.0 Å². The Kier molecular flexibility index (Phi) is 7.24. The molecule has 0 unspecified atom stereocenters. The van der Waals surface area contributed by atoms with E-state index in [1.807, 2.05) is 11.8 Å². The van der Waals surface area contributed by atoms with E-state index in [2.05, 4.69) is 10.3 Å². The predicted octanol–water partition coefficient (Wildman–Crippen LogP) is 5.79. The number of hydrogen-bond donors (Lipinski definition) is 1. The van der Waals surface area contributed by atoms with E-state index < -0.39 is 22.8 Å². The number of urea groups is 1. The van der Waals surface area contributed by atoms with Crippen LogP contribution in [0.1, 0.15) is 19.9 Å². The lowest BCUT2D eigenvalue weighted by molar-refractivity contribution is -0.137. The molecule has 1 atom stereocenters. The lowest BCUT2D eigenvalue weighted by Gasteiger charge is -2.40. The minimum absolute atomic E-state index is 0. The zero-order valence-electron chi connectivity index (χ0n) is 14.8. The fourth-order valence-electron chi connectivity index (χ4n) is 3.08. The molecule has 0 saturated carbocycles. The fourth-order valence-corrected chi connectivity index (χ4v) is 3.54. The van der Waals surface area contributed by atoms with Gasteiger partial charge in [0, 0.05) is 37.6 Å². The first-order valence-corrected chi connectivity index (χ1v) is 9.22. The van der Waals surface area contributed by atoms with Crippen LogP contribution in [0.25, 0.3) is 0 Å². The van der Waals surface area contributed by atoms with Crippen LogP contribution in [-0.4, -0.2) is 41.6 Å². The molecular formula is C19H21Cl2F3N4O. The molecule has 2 heterocycles. The number of carbonyl (C=O) groups is 1. The van der Waals surface area contributed by atoms with Crippen LogP contribution in [0, 0.1) is 0 Å². The molecule has 1 aliphatic heterocycles. The monoisotopic (exact) mass is 448 g/mol. The van der Waals surface area contributed by atoms with E-state index in [-0.39, 0.29) is 19.2 Å². The minimum atomic E-state index is -4.60. The van der Waals surface area contributed by atoms with E-state index in [1.54, 1.807) is 23.2 Å². The minimum Gasteiger partial charge on any atom is -0.352 e. The highest BCUT2D eigenvalue weighted by Crippen LogP contribution is 2.36. The van der Waals surface area contributed by atoms with Gasteiger partial charge in [0.25, 0.3) is 0 Å². The van der Waals surface area contributed by atoms with Gasteiger partial charge >= 0.3 is 12.2 Å². The van der Waals surface area contributed by atoms with Gasteiger partial charge in [-0.1, -0.05) is 30.6 Å². The molecule has 2 aromatic rings. The van der Waals surface area contributed by atoms with Gasteiger partial charge in [0.2, 0.25) is 0 Å². The second-order valence-corrected chi connectivity index (χ2v) is 7.23. The first-order valence-electron chi connectivity index (χ1n) is 8.46. The second-order valence-electron chi connectivity index (χ2n) is 6.42. The van der Waals surface area contributed by atoms with Gasteiger partial charge in [-0.2, -0.15) is 13.2 Å². The topological polar surface area (TPSA) is 48.5 Å². The molecule has 3 rings (SSSR count). The Morgan fingerprint density at radius 3 is 2.55 bits per heavy atom. The first kappa shape index (κ1) is 23.1. The predicted molar refractivity (Wildman–Crippen MR) is 110 cm³/mol. The maximum atomic E-state index is 13.0. The summed E-state index contributed by atoms with van der Waals surface area (Å²) in [5.74, 6) is 0.642. The average Bonchev–Trinajstić information content (AvgIpc) is 2.62. The molecule has 1 aromatic carbocycles. The quantitative estimate of drug-likeness (QED) is 0.632. The van der Waals surface area contributed by atoms with Crippen LogP contribution in [-0.2, 0) is 6.18 Å². The van der Waals surface area contributed by atoms with E-state index in [1.165, 1.54) is 6.07 Å². The number of benzene rings is 1. The van der Waals surface area contributed by atoms with Gasteiger partial charge in [-0.15, -0.1) is 0 Å². The number of pyridine rings is 1. The molecule has 0 radical (unpaired) electrons. The van der Waals surface area contributed by atoms with E-state index in [0.29, 0.717) is 30.5 Å². The Balaban J connectivity index is 0.00000300. The third-order valence-electron chi connectivity index (χ3n) is 4.45. The van der Waals surface area contributed by atoms with Crippen LogP contribution >= 0.6 is 23.2 Å². The van der Waals surface area contributed by atoms with E-state index in [0.717, 1.165) is 12.1 Å². The number of rotatable bonds is 2. The number of aromatic nitrogens is 1. The van der Waals surface area contributed by atoms with Gasteiger partial charge in [-0.25, -0.2) is 9.78 Å². The Bertz CT molecular complexity index is 879. The summed E-state index contributed by atoms with van der Waals surface area (Å²) in [5, 5.41) is 2.62. The van der Waals surface area contributed by atoms with Crippen molar-refractivity contribution in [3.63, 3.8) is 0 Å². The van der Waals surface area contributed by atoms with Crippen molar-refractivity contribution in [2.24, 2.45) is 0 Å². The summed E-state index contributed by atoms with van der Waals surface area (Å²) in [7, 11) is 0. The molecule has 0 aliphatic carbocycles. The molecule has 1 N–H and O–H groups in total. The van der Waals surface area contributed by atoms with Crippen molar-refractivity contribution in [3.05, 3.63) is 52.1 Å². The molecule has 2 amide bonds. The molecule has 1 saturated heterocycles. The number of alkyl halides is 3. The zero-order chi connectivity index (χ0) is 20.5. The lowest BCUT2D eigenvalue weighted by Crippen LogP contribution is -2.55. The number of carbonyl (C=O) groups excluding carboxylic acids is 1. The first-order chi connectivity index (χ1) is 13.2. The van der Waals surface area contributed by atoms with Gasteiger partial charge in [0.1, 0.15) is 5.82 Å². The highest BCUT2D eigenvalue weighted by Gasteiger charge is 2.34. The second kappa shape index (κ2) is 9.09. The lowest BCUT2D eigenvalue weighted by atomic mass is 10.2. The molecule has 10 heteroatoms. The van der Waals surface area contributed by atoms with Crippen molar-refractivity contribution >= 4 is 40.7 Å². The summed E-state index contributed by atoms with van der Waals surface area (Å²) in [6, 6.07) is 6.09. The van der Waals surface area contributed by atoms with Crippen LogP contribution in [0.5, 0.6) is 0 Å². The Hall–Kier alpha value is -2.19. The van der Waals surface area contributed by atoms with Crippen LogP contribution in [0.4, 0.5) is 29.5 Å². The summed E-state index contributed by atoms with van der Waals surface area (Å²) in [6.45, 7) is 3.23. The van der Waals surface area contributed by atoms with Gasteiger partial charge in [-0.05, 0) is 37.3 Å². The SMILES string of the molecule is C.C[C@@H]1CN(c2ncccc2Cl)CCN1C(=O)Nc1ccc(Cl)c(C(F)(F)F)c1. The summed E-state index contributed by atoms with van der Waals surface area (Å²) >= 11 is 11.8. The molecule has 29 heavy (non-hydrogen) atoms. The van der Waals surface area contributed by atoms with Gasteiger partial charge in [0.05, 0.1) is 15.6 Å². The number of nitrogens with one attached hydrogen (secondary N) is 1. The Labute approximate surface area is 177 Å². The van der Waals surface area contributed by atoms with Crippen molar-refractivity contribution < 1.29 is 18.0 Å². The van der Waals surface area contributed by atoms with Crippen molar-refractivity contribution in [2.45, 2.75) is 26.6 Å². The van der Waals surface area contributed by atoms with Gasteiger partial charge in [-0.3, -0.25) is 0 Å². The smallest absolute Gasteiger partial charge is 0.352 e. The number of piperazine rings is 1. The highest BCUT2D eigenvalue weighted by atomic mass is 35.5. The van der Waals surface area contributed by atoms with E-state index >= 15 is 0 Å². The van der Waals surface area contributed by atoms with Crippen LogP contribution < -0.4 is 10.2 Å². The summed E-state index contributed by atoms with van der Waals surface area (Å²) < 4.78 is 39.0. The maximum Gasteiger partial charge on any atom is 0.417 e. The zero-order valence-corrected chi connectivity index (χ0v) is 16.3. The van der Waals surface area contributed by atoms with Crippen LogP contribution in [0.2, 0.25) is 10.0 Å². The van der Waals surface area contributed by atoms with Gasteiger partial charge in [0.15, 0.2) is 0 Å². The van der Waals surface area contributed by atoms with Crippen molar-refractivity contribution in [3.8, 4) is 0 Å². The highest BCUT2D eigenvalue weighted by molar-refractivity contribution is 6.33.